The van der Waals surface area contributed by atoms with Gasteiger partial charge in [-0.1, -0.05) is 44.2 Å². The molecule has 5 heteroatoms. The summed E-state index contributed by atoms with van der Waals surface area (Å²) in [6, 6.07) is 7.93. The number of hydrogen-bond acceptors (Lipinski definition) is 4. The van der Waals surface area contributed by atoms with Crippen molar-refractivity contribution in [2.45, 2.75) is 26.8 Å². The van der Waals surface area contributed by atoms with Gasteiger partial charge in [0, 0.05) is 12.5 Å². The van der Waals surface area contributed by atoms with E-state index in [0.29, 0.717) is 5.56 Å². The van der Waals surface area contributed by atoms with Crippen LogP contribution in [0.3, 0.4) is 0 Å². The second-order valence-electron chi connectivity index (χ2n) is 5.15. The lowest BCUT2D eigenvalue weighted by Crippen LogP contribution is -2.49. The number of nitrogens with zero attached hydrogens (tertiary/aromatic N) is 1. The summed E-state index contributed by atoms with van der Waals surface area (Å²) in [6.45, 7) is 4.82. The second kappa shape index (κ2) is 7.57. The minimum Gasteiger partial charge on any atom is -0.467 e. The molecule has 1 rings (SSSR count). The molecular weight excluding hydrogens is 270 g/mol. The molecule has 1 amide bonds. The zero-order valence-electron chi connectivity index (χ0n) is 12.8. The summed E-state index contributed by atoms with van der Waals surface area (Å²) >= 11 is 0. The van der Waals surface area contributed by atoms with Crippen molar-refractivity contribution in [3.63, 3.8) is 0 Å². The van der Waals surface area contributed by atoms with Gasteiger partial charge in [0.25, 0.3) is 0 Å². The normalized spacial score (nSPS) is 11.9. The van der Waals surface area contributed by atoms with Crippen LogP contribution < -0.4 is 0 Å². The van der Waals surface area contributed by atoms with Crippen molar-refractivity contribution in [3.8, 4) is 0 Å². The van der Waals surface area contributed by atoms with Crippen molar-refractivity contribution in [1.29, 1.82) is 0 Å². The number of Topliss-reactive ketones (excluding diaryl/α,β-unsaturated/α-hetero) is 1. The van der Waals surface area contributed by atoms with E-state index in [2.05, 4.69) is 0 Å². The molecule has 0 aliphatic carbocycles. The largest absolute Gasteiger partial charge is 0.467 e. The number of ketones is 1. The molecule has 0 fully saturated rings. The van der Waals surface area contributed by atoms with Crippen LogP contribution >= 0.6 is 0 Å². The van der Waals surface area contributed by atoms with Crippen molar-refractivity contribution in [1.82, 2.24) is 4.90 Å². The number of ether oxygens (including phenoxy) is 1. The first-order chi connectivity index (χ1) is 9.88. The van der Waals surface area contributed by atoms with E-state index in [9.17, 15) is 14.4 Å². The summed E-state index contributed by atoms with van der Waals surface area (Å²) in [6.07, 6.45) is 0. The summed E-state index contributed by atoms with van der Waals surface area (Å²) in [5, 5.41) is 0. The summed E-state index contributed by atoms with van der Waals surface area (Å²) < 4.78 is 4.75. The van der Waals surface area contributed by atoms with E-state index in [1.165, 1.54) is 18.9 Å². The average Bonchev–Trinajstić information content (AvgIpc) is 2.46. The molecule has 114 valence electrons. The van der Waals surface area contributed by atoms with Crippen molar-refractivity contribution >= 4 is 17.7 Å². The highest BCUT2D eigenvalue weighted by atomic mass is 16.5. The highest BCUT2D eigenvalue weighted by molar-refractivity contribution is 6.00. The Morgan fingerprint density at radius 3 is 2.14 bits per heavy atom. The average molecular weight is 291 g/mol. The Morgan fingerprint density at radius 2 is 1.71 bits per heavy atom. The fraction of sp³-hybridized carbons (Fsp3) is 0.438. The topological polar surface area (TPSA) is 63.7 Å². The molecule has 1 aromatic rings. The van der Waals surface area contributed by atoms with Gasteiger partial charge in [0.05, 0.1) is 13.7 Å². The predicted molar refractivity (Wildman–Crippen MR) is 78.8 cm³/mol. The predicted octanol–water partition coefficient (Wildman–Crippen LogP) is 1.92. The highest BCUT2D eigenvalue weighted by Crippen LogP contribution is 2.14. The minimum atomic E-state index is -0.764. The summed E-state index contributed by atoms with van der Waals surface area (Å²) in [5.74, 6) is -1.20. The van der Waals surface area contributed by atoms with Crippen LogP contribution in [-0.4, -0.2) is 42.3 Å². The molecular formula is C16H21NO4. The number of carbonyl (C=O) groups excluding carboxylic acids is 3. The Morgan fingerprint density at radius 1 is 1.14 bits per heavy atom. The van der Waals surface area contributed by atoms with Gasteiger partial charge in [-0.3, -0.25) is 9.59 Å². The Bertz CT molecular complexity index is 510. The third-order valence-electron chi connectivity index (χ3n) is 3.22. The number of methoxy groups -OCH3 is 1. The van der Waals surface area contributed by atoms with Crippen molar-refractivity contribution < 1.29 is 19.1 Å². The molecule has 0 radical (unpaired) electrons. The molecule has 0 saturated heterocycles. The molecule has 5 nitrogen and oxygen atoms in total. The van der Waals surface area contributed by atoms with E-state index < -0.39 is 12.0 Å². The monoisotopic (exact) mass is 291 g/mol. The lowest BCUT2D eigenvalue weighted by Gasteiger charge is -2.31. The first-order valence-electron chi connectivity index (χ1n) is 6.81. The first kappa shape index (κ1) is 16.9. The number of esters is 1. The van der Waals surface area contributed by atoms with E-state index in [-0.39, 0.29) is 24.2 Å². The third-order valence-corrected chi connectivity index (χ3v) is 3.22. The summed E-state index contributed by atoms with van der Waals surface area (Å²) in [7, 11) is 1.27. The van der Waals surface area contributed by atoms with Crippen LogP contribution in [0.2, 0.25) is 0 Å². The van der Waals surface area contributed by atoms with Crippen molar-refractivity contribution in [2.75, 3.05) is 13.7 Å². The Hall–Kier alpha value is -2.17. The van der Waals surface area contributed by atoms with E-state index in [4.69, 9.17) is 4.74 Å². The Balaban J connectivity index is 2.99. The Kier molecular flexibility index (Phi) is 6.09. The minimum absolute atomic E-state index is 0.142. The molecule has 1 aromatic carbocycles. The van der Waals surface area contributed by atoms with Crippen LogP contribution in [0, 0.1) is 5.92 Å². The van der Waals surface area contributed by atoms with Gasteiger partial charge >= 0.3 is 5.97 Å². The van der Waals surface area contributed by atoms with Gasteiger partial charge in [-0.2, -0.15) is 0 Å². The van der Waals surface area contributed by atoms with Crippen LogP contribution in [0.15, 0.2) is 30.3 Å². The molecule has 0 aliphatic rings. The van der Waals surface area contributed by atoms with Gasteiger partial charge in [0.2, 0.25) is 5.91 Å². The summed E-state index contributed by atoms with van der Waals surface area (Å²) in [5.41, 5.74) is 0.510. The number of benzene rings is 1. The van der Waals surface area contributed by atoms with Crippen molar-refractivity contribution in [3.05, 3.63) is 35.9 Å². The maximum absolute atomic E-state index is 12.3. The van der Waals surface area contributed by atoms with Crippen LogP contribution in [0.5, 0.6) is 0 Å². The fourth-order valence-electron chi connectivity index (χ4n) is 2.16. The maximum atomic E-state index is 12.3. The number of hydrogen-bond donors (Lipinski definition) is 0. The van der Waals surface area contributed by atoms with Crippen LogP contribution in [0.1, 0.15) is 31.1 Å². The van der Waals surface area contributed by atoms with Gasteiger partial charge in [0.15, 0.2) is 5.78 Å². The van der Waals surface area contributed by atoms with Crippen LogP contribution in [0.4, 0.5) is 0 Å². The van der Waals surface area contributed by atoms with Crippen LogP contribution in [0.25, 0.3) is 0 Å². The van der Waals surface area contributed by atoms with Gasteiger partial charge in [0.1, 0.15) is 6.04 Å². The van der Waals surface area contributed by atoms with E-state index >= 15 is 0 Å². The van der Waals surface area contributed by atoms with E-state index in [1.807, 2.05) is 19.9 Å². The quantitative estimate of drug-likeness (QED) is 0.593. The second-order valence-corrected chi connectivity index (χ2v) is 5.15. The molecule has 0 heterocycles. The molecule has 0 aliphatic heterocycles. The SMILES string of the molecule is COC(=O)[C@@H](C(C)C)N(CC(=O)c1ccccc1)C(C)=O. The molecule has 1 atom stereocenters. The number of carbonyl (C=O) groups is 3. The van der Waals surface area contributed by atoms with Gasteiger partial charge < -0.3 is 9.64 Å². The standard InChI is InChI=1S/C16H21NO4/c1-11(2)15(16(20)21-4)17(12(3)18)10-14(19)13-8-6-5-7-9-13/h5-9,11,15H,10H2,1-4H3/t15-/m1/s1. The molecule has 21 heavy (non-hydrogen) atoms. The third kappa shape index (κ3) is 4.41. The summed E-state index contributed by atoms with van der Waals surface area (Å²) in [4.78, 5) is 37.3. The molecule has 0 saturated carbocycles. The van der Waals surface area contributed by atoms with E-state index in [1.54, 1.807) is 24.3 Å². The Labute approximate surface area is 124 Å². The lowest BCUT2D eigenvalue weighted by atomic mass is 10.0. The van der Waals surface area contributed by atoms with Crippen LogP contribution in [-0.2, 0) is 14.3 Å². The highest BCUT2D eigenvalue weighted by Gasteiger charge is 2.33. The molecule has 0 spiro atoms. The molecule has 0 aromatic heterocycles. The molecule has 0 bridgehead atoms. The lowest BCUT2D eigenvalue weighted by molar-refractivity contribution is -0.153. The van der Waals surface area contributed by atoms with Crippen molar-refractivity contribution in [2.24, 2.45) is 5.92 Å². The van der Waals surface area contributed by atoms with Gasteiger partial charge in [-0.05, 0) is 5.92 Å². The fourth-order valence-corrected chi connectivity index (χ4v) is 2.16. The smallest absolute Gasteiger partial charge is 0.328 e. The maximum Gasteiger partial charge on any atom is 0.328 e. The first-order valence-corrected chi connectivity index (χ1v) is 6.81. The number of amides is 1. The number of rotatable bonds is 6. The zero-order valence-corrected chi connectivity index (χ0v) is 12.8. The molecule has 0 unspecified atom stereocenters. The van der Waals surface area contributed by atoms with Gasteiger partial charge in [-0.15, -0.1) is 0 Å². The molecule has 0 N–H and O–H groups in total. The zero-order chi connectivity index (χ0) is 16.0. The van der Waals surface area contributed by atoms with Gasteiger partial charge in [-0.25, -0.2) is 4.79 Å². The van der Waals surface area contributed by atoms with E-state index in [0.717, 1.165) is 0 Å².